The first-order valence-corrected chi connectivity index (χ1v) is 6.39. The summed E-state index contributed by atoms with van der Waals surface area (Å²) in [6, 6.07) is 3.95. The number of hydrogen-bond donors (Lipinski definition) is 0. The Balaban J connectivity index is 2.20. The number of pyridine rings is 1. The predicted molar refractivity (Wildman–Crippen MR) is 67.6 cm³/mol. The second-order valence-electron chi connectivity index (χ2n) is 4.15. The number of piperidine rings is 1. The standard InChI is InChI=1S/C11H14BrClN2/c1-8-5-9(13)7-15(6-8)11-10(12)3-2-4-14-11/h2-4,8-9H,5-7H2,1H3. The number of anilines is 1. The maximum absolute atomic E-state index is 6.22. The van der Waals surface area contributed by atoms with E-state index in [1.807, 2.05) is 18.3 Å². The van der Waals surface area contributed by atoms with Crippen LogP contribution < -0.4 is 4.90 Å². The molecule has 0 aromatic carbocycles. The summed E-state index contributed by atoms with van der Waals surface area (Å²) in [6.07, 6.45) is 2.92. The van der Waals surface area contributed by atoms with Crippen LogP contribution in [0.15, 0.2) is 22.8 Å². The zero-order chi connectivity index (χ0) is 10.8. The zero-order valence-electron chi connectivity index (χ0n) is 8.66. The number of halogens is 2. The summed E-state index contributed by atoms with van der Waals surface area (Å²) >= 11 is 9.75. The molecule has 15 heavy (non-hydrogen) atoms. The van der Waals surface area contributed by atoms with Gasteiger partial charge in [0.1, 0.15) is 5.82 Å². The lowest BCUT2D eigenvalue weighted by atomic mass is 10.00. The molecule has 82 valence electrons. The van der Waals surface area contributed by atoms with E-state index in [1.54, 1.807) is 0 Å². The van der Waals surface area contributed by atoms with Gasteiger partial charge in [-0.25, -0.2) is 4.98 Å². The maximum atomic E-state index is 6.22. The fraction of sp³-hybridized carbons (Fsp3) is 0.545. The molecule has 1 fully saturated rings. The Kier molecular flexibility index (Phi) is 3.52. The molecule has 2 nitrogen and oxygen atoms in total. The Labute approximate surface area is 104 Å². The summed E-state index contributed by atoms with van der Waals surface area (Å²) in [7, 11) is 0. The van der Waals surface area contributed by atoms with Crippen LogP contribution in [0.3, 0.4) is 0 Å². The Morgan fingerprint density at radius 2 is 2.33 bits per heavy atom. The van der Waals surface area contributed by atoms with E-state index in [0.29, 0.717) is 5.92 Å². The van der Waals surface area contributed by atoms with Crippen LogP contribution in [0.1, 0.15) is 13.3 Å². The number of rotatable bonds is 1. The zero-order valence-corrected chi connectivity index (χ0v) is 11.0. The van der Waals surface area contributed by atoms with E-state index < -0.39 is 0 Å². The second-order valence-corrected chi connectivity index (χ2v) is 5.62. The molecule has 0 saturated carbocycles. The number of alkyl halides is 1. The third-order valence-electron chi connectivity index (χ3n) is 2.65. The highest BCUT2D eigenvalue weighted by Crippen LogP contribution is 2.29. The van der Waals surface area contributed by atoms with Gasteiger partial charge in [0.2, 0.25) is 0 Å². The number of nitrogens with zero attached hydrogens (tertiary/aromatic N) is 2. The van der Waals surface area contributed by atoms with Crippen LogP contribution >= 0.6 is 27.5 Å². The molecule has 2 atom stereocenters. The van der Waals surface area contributed by atoms with Crippen LogP contribution in [0, 0.1) is 5.92 Å². The molecule has 2 rings (SSSR count). The first kappa shape index (κ1) is 11.2. The van der Waals surface area contributed by atoms with Gasteiger partial charge in [0.05, 0.1) is 9.85 Å². The molecule has 0 bridgehead atoms. The van der Waals surface area contributed by atoms with E-state index >= 15 is 0 Å². The Morgan fingerprint density at radius 1 is 1.53 bits per heavy atom. The monoisotopic (exact) mass is 288 g/mol. The molecule has 2 unspecified atom stereocenters. The van der Waals surface area contributed by atoms with Crippen molar-refractivity contribution in [1.82, 2.24) is 4.98 Å². The fourth-order valence-corrected chi connectivity index (χ4v) is 3.04. The van der Waals surface area contributed by atoms with Crippen molar-refractivity contribution in [1.29, 1.82) is 0 Å². The third kappa shape index (κ3) is 2.64. The topological polar surface area (TPSA) is 16.1 Å². The second kappa shape index (κ2) is 4.71. The molecule has 0 spiro atoms. The first-order chi connectivity index (χ1) is 7.16. The van der Waals surface area contributed by atoms with Gasteiger partial charge in [0.25, 0.3) is 0 Å². The molecule has 2 heterocycles. The molecule has 0 amide bonds. The minimum Gasteiger partial charge on any atom is -0.354 e. The first-order valence-electron chi connectivity index (χ1n) is 5.16. The van der Waals surface area contributed by atoms with Gasteiger partial charge in [-0.1, -0.05) is 6.92 Å². The molecule has 1 saturated heterocycles. The average molecular weight is 290 g/mol. The lowest BCUT2D eigenvalue weighted by Gasteiger charge is -2.35. The Hall–Kier alpha value is -0.280. The van der Waals surface area contributed by atoms with Gasteiger partial charge in [-0.15, -0.1) is 11.6 Å². The lowest BCUT2D eigenvalue weighted by molar-refractivity contribution is 0.449. The highest BCUT2D eigenvalue weighted by atomic mass is 79.9. The third-order valence-corrected chi connectivity index (χ3v) is 3.58. The van der Waals surface area contributed by atoms with Crippen molar-refractivity contribution in [2.24, 2.45) is 5.92 Å². The van der Waals surface area contributed by atoms with Gasteiger partial charge in [-0.2, -0.15) is 0 Å². The van der Waals surface area contributed by atoms with Crippen LogP contribution in [0.2, 0.25) is 0 Å². The number of hydrogen-bond acceptors (Lipinski definition) is 2. The Bertz CT molecular complexity index is 335. The van der Waals surface area contributed by atoms with Crippen molar-refractivity contribution in [2.45, 2.75) is 18.7 Å². The molecule has 4 heteroatoms. The van der Waals surface area contributed by atoms with Crippen LogP contribution in [0.25, 0.3) is 0 Å². The Morgan fingerprint density at radius 3 is 3.00 bits per heavy atom. The lowest BCUT2D eigenvalue weighted by Crippen LogP contribution is -2.40. The van der Waals surface area contributed by atoms with Crippen LogP contribution in [-0.2, 0) is 0 Å². The van der Waals surface area contributed by atoms with Gasteiger partial charge in [-0.05, 0) is 40.4 Å². The van der Waals surface area contributed by atoms with E-state index in [-0.39, 0.29) is 5.38 Å². The molecule has 1 aromatic heterocycles. The van der Waals surface area contributed by atoms with Crippen molar-refractivity contribution < 1.29 is 0 Å². The summed E-state index contributed by atoms with van der Waals surface area (Å²) in [6.45, 7) is 4.17. The molecule has 0 N–H and O–H groups in total. The van der Waals surface area contributed by atoms with E-state index in [4.69, 9.17) is 11.6 Å². The van der Waals surface area contributed by atoms with E-state index in [1.165, 1.54) is 0 Å². The summed E-state index contributed by atoms with van der Waals surface area (Å²) in [5, 5.41) is 0.239. The maximum Gasteiger partial charge on any atom is 0.142 e. The normalized spacial score (nSPS) is 26.7. The molecule has 1 aromatic rings. The molecule has 1 aliphatic heterocycles. The van der Waals surface area contributed by atoms with Crippen LogP contribution in [-0.4, -0.2) is 23.5 Å². The van der Waals surface area contributed by atoms with Gasteiger partial charge in [0, 0.05) is 19.3 Å². The van der Waals surface area contributed by atoms with Crippen molar-refractivity contribution in [2.75, 3.05) is 18.0 Å². The molecular formula is C11H14BrClN2. The predicted octanol–water partition coefficient (Wildman–Crippen LogP) is 3.30. The largest absolute Gasteiger partial charge is 0.354 e. The minimum absolute atomic E-state index is 0.239. The van der Waals surface area contributed by atoms with Gasteiger partial charge in [-0.3, -0.25) is 0 Å². The highest BCUT2D eigenvalue weighted by Gasteiger charge is 2.24. The minimum atomic E-state index is 0.239. The average Bonchev–Trinajstić information content (AvgIpc) is 2.16. The van der Waals surface area contributed by atoms with E-state index in [2.05, 4.69) is 32.7 Å². The van der Waals surface area contributed by atoms with Gasteiger partial charge in [0.15, 0.2) is 0 Å². The summed E-state index contributed by atoms with van der Waals surface area (Å²) in [4.78, 5) is 6.65. The van der Waals surface area contributed by atoms with Crippen LogP contribution in [0.4, 0.5) is 5.82 Å². The summed E-state index contributed by atoms with van der Waals surface area (Å²) in [5.41, 5.74) is 0. The number of aromatic nitrogens is 1. The van der Waals surface area contributed by atoms with E-state index in [9.17, 15) is 0 Å². The molecular weight excluding hydrogens is 275 g/mol. The fourth-order valence-electron chi connectivity index (χ4n) is 2.06. The van der Waals surface area contributed by atoms with Crippen molar-refractivity contribution in [3.05, 3.63) is 22.8 Å². The summed E-state index contributed by atoms with van der Waals surface area (Å²) in [5.74, 6) is 1.64. The van der Waals surface area contributed by atoms with Crippen molar-refractivity contribution in [3.63, 3.8) is 0 Å². The molecule has 0 aliphatic carbocycles. The summed E-state index contributed by atoms with van der Waals surface area (Å²) < 4.78 is 1.04. The molecule has 0 radical (unpaired) electrons. The SMILES string of the molecule is CC1CC(Cl)CN(c2ncccc2Br)C1. The van der Waals surface area contributed by atoms with Crippen molar-refractivity contribution >= 4 is 33.3 Å². The van der Waals surface area contributed by atoms with E-state index in [0.717, 1.165) is 29.8 Å². The highest BCUT2D eigenvalue weighted by molar-refractivity contribution is 9.10. The van der Waals surface area contributed by atoms with Gasteiger partial charge < -0.3 is 4.90 Å². The van der Waals surface area contributed by atoms with Crippen molar-refractivity contribution in [3.8, 4) is 0 Å². The quantitative estimate of drug-likeness (QED) is 0.738. The molecule has 1 aliphatic rings. The smallest absolute Gasteiger partial charge is 0.142 e. The van der Waals surface area contributed by atoms with Crippen LogP contribution in [0.5, 0.6) is 0 Å². The van der Waals surface area contributed by atoms with Gasteiger partial charge >= 0.3 is 0 Å².